The Labute approximate surface area is 432 Å². The van der Waals surface area contributed by atoms with Crippen LogP contribution in [0.4, 0.5) is 0 Å². The zero-order valence-electron chi connectivity index (χ0n) is 45.1. The standard InChI is InChI=1S/C62H97NO8/c1-6-8-10-12-14-16-18-20-21-22-23-24-25-26-27-28-29-30-31-32-33-34-35-36-37-38-39-41-43-45-47-49-51-53-60(65)71-58(57-70-62(61(66)67)68-55-54-63(3,4)5)56-69-59(64)52-50-48-46-44-42-40-19-17-15-13-11-9-7-2/h8-11,14-17,20-21,23-24,26-27,29-30,32-33,35-36,38-40,42,58,62H,6-7,12-13,18-19,22,25,28,31,34,37,41,43-57H2,1-5H3/p+1/b10-8-,11-9-,16-14-,17-15-,21-20-,24-23-,27-26-,30-29-,33-32-,36-35-,39-38-,42-40-. The van der Waals surface area contributed by atoms with Crippen LogP contribution in [-0.2, 0) is 33.3 Å². The third-order valence-corrected chi connectivity index (χ3v) is 10.6. The fourth-order valence-electron chi connectivity index (χ4n) is 6.49. The van der Waals surface area contributed by atoms with Gasteiger partial charge in [0.2, 0.25) is 0 Å². The van der Waals surface area contributed by atoms with Gasteiger partial charge in [0.15, 0.2) is 6.10 Å². The van der Waals surface area contributed by atoms with E-state index in [4.69, 9.17) is 18.9 Å². The van der Waals surface area contributed by atoms with E-state index in [0.717, 1.165) is 128 Å². The van der Waals surface area contributed by atoms with E-state index in [-0.39, 0.29) is 38.6 Å². The van der Waals surface area contributed by atoms with E-state index in [2.05, 4.69) is 160 Å². The Balaban J connectivity index is 4.34. The molecule has 398 valence electrons. The van der Waals surface area contributed by atoms with Crippen LogP contribution in [0.25, 0.3) is 0 Å². The third kappa shape index (κ3) is 52.8. The molecule has 71 heavy (non-hydrogen) atoms. The average molecular weight is 985 g/mol. The smallest absolute Gasteiger partial charge is 0.361 e. The topological polar surface area (TPSA) is 108 Å². The summed E-state index contributed by atoms with van der Waals surface area (Å²) >= 11 is 0. The Morgan fingerprint density at radius 1 is 0.423 bits per heavy atom. The summed E-state index contributed by atoms with van der Waals surface area (Å²) in [7, 11) is 5.93. The fourth-order valence-corrected chi connectivity index (χ4v) is 6.49. The highest BCUT2D eigenvalue weighted by atomic mass is 16.7. The Morgan fingerprint density at radius 3 is 1.14 bits per heavy atom. The summed E-state index contributed by atoms with van der Waals surface area (Å²) in [6.45, 7) is 4.54. The van der Waals surface area contributed by atoms with E-state index in [9.17, 15) is 19.5 Å². The number of esters is 2. The maximum atomic E-state index is 12.8. The molecule has 0 aliphatic carbocycles. The second kappa shape index (κ2) is 51.5. The first-order chi connectivity index (χ1) is 34.6. The number of nitrogens with zero attached hydrogens (tertiary/aromatic N) is 1. The summed E-state index contributed by atoms with van der Waals surface area (Å²) in [5, 5.41) is 9.67. The SMILES string of the molecule is CC/C=C\C/C=C\C/C=C\C/C=C\C/C=C\C/C=C\C/C=C\C/C=C\C/C=C\CCCCCCCC(=O)OC(COC(=O)CCCCC/C=C\C/C=C\C/C=C\CC)COC(OCC[N+](C)(C)C)C(=O)O. The molecule has 0 fully saturated rings. The van der Waals surface area contributed by atoms with Crippen LogP contribution in [0.15, 0.2) is 146 Å². The first-order valence-corrected chi connectivity index (χ1v) is 27.0. The number of unbranched alkanes of at least 4 members (excludes halogenated alkanes) is 8. The molecule has 0 spiro atoms. The molecule has 0 aromatic heterocycles. The summed E-state index contributed by atoms with van der Waals surface area (Å²) < 4.78 is 22.7. The number of carboxylic acids is 1. The molecule has 0 rings (SSSR count). The number of allylic oxidation sites excluding steroid dienone is 24. The van der Waals surface area contributed by atoms with Gasteiger partial charge in [0.05, 0.1) is 34.4 Å². The molecule has 0 bridgehead atoms. The van der Waals surface area contributed by atoms with Gasteiger partial charge < -0.3 is 28.5 Å². The predicted octanol–water partition coefficient (Wildman–Crippen LogP) is 15.7. The van der Waals surface area contributed by atoms with E-state index in [1.807, 2.05) is 21.1 Å². The molecule has 0 aliphatic rings. The van der Waals surface area contributed by atoms with Gasteiger partial charge in [-0.2, -0.15) is 0 Å². The Hall–Kier alpha value is -4.83. The van der Waals surface area contributed by atoms with E-state index in [1.54, 1.807) is 0 Å². The molecule has 0 aromatic carbocycles. The monoisotopic (exact) mass is 985 g/mol. The normalized spacial score (nSPS) is 14.0. The number of carbonyl (C=O) groups excluding carboxylic acids is 2. The lowest BCUT2D eigenvalue weighted by Crippen LogP contribution is -2.40. The average Bonchev–Trinajstić information content (AvgIpc) is 3.34. The maximum absolute atomic E-state index is 12.8. The summed E-state index contributed by atoms with van der Waals surface area (Å²) in [5.74, 6) is -2.10. The van der Waals surface area contributed by atoms with E-state index in [1.165, 1.54) is 0 Å². The van der Waals surface area contributed by atoms with Crippen LogP contribution in [0.5, 0.6) is 0 Å². The summed E-state index contributed by atoms with van der Waals surface area (Å²) in [6.07, 6.45) is 72.2. The predicted molar refractivity (Wildman–Crippen MR) is 299 cm³/mol. The van der Waals surface area contributed by atoms with Gasteiger partial charge in [-0.25, -0.2) is 4.79 Å². The number of aliphatic carboxylic acids is 1. The number of quaternary nitrogens is 1. The number of likely N-dealkylation sites (N-methyl/N-ethyl adjacent to an activating group) is 1. The molecule has 9 heteroatoms. The van der Waals surface area contributed by atoms with Crippen molar-refractivity contribution in [3.8, 4) is 0 Å². The molecular weight excluding hydrogens is 887 g/mol. The van der Waals surface area contributed by atoms with Gasteiger partial charge >= 0.3 is 17.9 Å². The Bertz CT molecular complexity index is 1670. The van der Waals surface area contributed by atoms with Crippen molar-refractivity contribution in [2.75, 3.05) is 47.5 Å². The molecule has 0 radical (unpaired) electrons. The van der Waals surface area contributed by atoms with Crippen LogP contribution in [0, 0.1) is 0 Å². The van der Waals surface area contributed by atoms with Crippen molar-refractivity contribution in [2.45, 2.75) is 180 Å². The van der Waals surface area contributed by atoms with E-state index >= 15 is 0 Å². The molecular formula is C62H98NO8+. The first-order valence-electron chi connectivity index (χ1n) is 27.0. The molecule has 0 heterocycles. The number of ether oxygens (including phenoxy) is 4. The number of carboxylic acid groups (broad SMARTS) is 1. The van der Waals surface area contributed by atoms with Crippen LogP contribution < -0.4 is 0 Å². The van der Waals surface area contributed by atoms with Gasteiger partial charge in [0, 0.05) is 12.8 Å². The Morgan fingerprint density at radius 2 is 0.761 bits per heavy atom. The zero-order chi connectivity index (χ0) is 52.0. The highest BCUT2D eigenvalue weighted by Crippen LogP contribution is 2.12. The van der Waals surface area contributed by atoms with Gasteiger partial charge in [-0.15, -0.1) is 0 Å². The van der Waals surface area contributed by atoms with Crippen molar-refractivity contribution in [3.63, 3.8) is 0 Å². The van der Waals surface area contributed by atoms with Crippen LogP contribution in [-0.4, -0.2) is 87.4 Å². The van der Waals surface area contributed by atoms with Gasteiger partial charge in [-0.05, 0) is 116 Å². The summed E-state index contributed by atoms with van der Waals surface area (Å²) in [4.78, 5) is 37.3. The van der Waals surface area contributed by atoms with Gasteiger partial charge in [0.25, 0.3) is 6.29 Å². The van der Waals surface area contributed by atoms with Gasteiger partial charge in [-0.3, -0.25) is 9.59 Å². The van der Waals surface area contributed by atoms with Gasteiger partial charge in [0.1, 0.15) is 13.2 Å². The quantitative estimate of drug-likeness (QED) is 0.0211. The third-order valence-electron chi connectivity index (χ3n) is 10.6. The molecule has 0 amide bonds. The first kappa shape index (κ1) is 66.2. The molecule has 0 saturated heterocycles. The minimum Gasteiger partial charge on any atom is -0.477 e. The number of hydrogen-bond donors (Lipinski definition) is 1. The molecule has 9 nitrogen and oxygen atoms in total. The van der Waals surface area contributed by atoms with Crippen LogP contribution in [0.3, 0.4) is 0 Å². The number of hydrogen-bond acceptors (Lipinski definition) is 7. The highest BCUT2D eigenvalue weighted by molar-refractivity contribution is 5.71. The summed E-state index contributed by atoms with van der Waals surface area (Å²) in [5.41, 5.74) is 0. The van der Waals surface area contributed by atoms with Crippen LogP contribution in [0.2, 0.25) is 0 Å². The van der Waals surface area contributed by atoms with Crippen LogP contribution >= 0.6 is 0 Å². The van der Waals surface area contributed by atoms with Gasteiger partial charge in [-0.1, -0.05) is 185 Å². The molecule has 0 aliphatic heterocycles. The minimum atomic E-state index is -1.53. The molecule has 0 saturated carbocycles. The lowest BCUT2D eigenvalue weighted by molar-refractivity contribution is -0.870. The lowest BCUT2D eigenvalue weighted by atomic mass is 10.1. The fraction of sp³-hybridized carbons (Fsp3) is 0.565. The van der Waals surface area contributed by atoms with Crippen molar-refractivity contribution in [1.29, 1.82) is 0 Å². The zero-order valence-corrected chi connectivity index (χ0v) is 45.1. The number of carbonyl (C=O) groups is 3. The van der Waals surface area contributed by atoms with Crippen molar-refractivity contribution < 1.29 is 42.9 Å². The van der Waals surface area contributed by atoms with E-state index < -0.39 is 24.3 Å². The second-order valence-corrected chi connectivity index (χ2v) is 18.4. The van der Waals surface area contributed by atoms with Crippen molar-refractivity contribution in [2.24, 2.45) is 0 Å². The number of rotatable bonds is 47. The molecule has 2 unspecified atom stereocenters. The molecule has 2 atom stereocenters. The lowest BCUT2D eigenvalue weighted by Gasteiger charge is -2.25. The molecule has 1 N–H and O–H groups in total. The molecule has 0 aromatic rings. The van der Waals surface area contributed by atoms with Crippen molar-refractivity contribution in [3.05, 3.63) is 146 Å². The van der Waals surface area contributed by atoms with E-state index in [0.29, 0.717) is 23.9 Å². The largest absolute Gasteiger partial charge is 0.477 e. The van der Waals surface area contributed by atoms with Crippen molar-refractivity contribution >= 4 is 17.9 Å². The second-order valence-electron chi connectivity index (χ2n) is 18.4. The summed E-state index contributed by atoms with van der Waals surface area (Å²) in [6, 6.07) is 0. The van der Waals surface area contributed by atoms with Crippen molar-refractivity contribution in [1.82, 2.24) is 0 Å². The maximum Gasteiger partial charge on any atom is 0.361 e. The highest BCUT2D eigenvalue weighted by Gasteiger charge is 2.25. The van der Waals surface area contributed by atoms with Crippen LogP contribution in [0.1, 0.15) is 168 Å². The Kier molecular flexibility index (Phi) is 48.0. The minimum absolute atomic E-state index is 0.170.